The van der Waals surface area contributed by atoms with Gasteiger partial charge in [0.15, 0.2) is 5.65 Å². The van der Waals surface area contributed by atoms with Gasteiger partial charge in [0, 0.05) is 57.8 Å². The molecule has 1 aromatic carbocycles. The zero-order chi connectivity index (χ0) is 20.8. The Kier molecular flexibility index (Phi) is 3.86. The molecule has 0 unspecified atom stereocenters. The van der Waals surface area contributed by atoms with E-state index < -0.39 is 0 Å². The number of fused-ring (bicyclic) bond motifs is 2. The minimum Gasteiger partial charge on any atom is -0.353 e. The van der Waals surface area contributed by atoms with Gasteiger partial charge in [-0.05, 0) is 36.4 Å². The van der Waals surface area contributed by atoms with Gasteiger partial charge in [-0.1, -0.05) is 18.2 Å². The van der Waals surface area contributed by atoms with Crippen molar-refractivity contribution in [3.05, 3.63) is 85.2 Å². The summed E-state index contributed by atoms with van der Waals surface area (Å²) in [7, 11) is 0. The van der Waals surface area contributed by atoms with Crippen LogP contribution in [0.2, 0.25) is 0 Å². The summed E-state index contributed by atoms with van der Waals surface area (Å²) in [6.07, 6.45) is 7.02. The summed E-state index contributed by atoms with van der Waals surface area (Å²) in [5.41, 5.74) is 6.07. The summed E-state index contributed by atoms with van der Waals surface area (Å²) >= 11 is 0. The van der Waals surface area contributed by atoms with Crippen LogP contribution >= 0.6 is 0 Å². The third-order valence-electron chi connectivity index (χ3n) is 5.34. The molecule has 31 heavy (non-hydrogen) atoms. The van der Waals surface area contributed by atoms with E-state index >= 15 is 0 Å². The highest BCUT2D eigenvalue weighted by molar-refractivity contribution is 6.00. The number of pyridine rings is 3. The molecule has 148 valence electrons. The lowest BCUT2D eigenvalue weighted by Gasteiger charge is -2.03. The number of benzene rings is 1. The molecule has 0 fully saturated rings. The van der Waals surface area contributed by atoms with Crippen LogP contribution in [0.4, 0.5) is 4.39 Å². The number of hydrogen-bond donors (Lipinski definition) is 2. The molecule has 0 bridgehead atoms. The fourth-order valence-corrected chi connectivity index (χ4v) is 3.85. The zero-order valence-electron chi connectivity index (χ0n) is 16.2. The summed E-state index contributed by atoms with van der Waals surface area (Å²) in [5, 5.41) is 9.19. The van der Waals surface area contributed by atoms with E-state index in [1.807, 2.05) is 30.3 Å². The maximum atomic E-state index is 14.4. The maximum absolute atomic E-state index is 14.4. The molecule has 5 aromatic heterocycles. The van der Waals surface area contributed by atoms with Crippen LogP contribution in [-0.4, -0.2) is 30.1 Å². The van der Waals surface area contributed by atoms with Gasteiger partial charge in [0.05, 0.1) is 11.4 Å². The summed E-state index contributed by atoms with van der Waals surface area (Å²) < 4.78 is 14.4. The normalized spacial score (nSPS) is 11.4. The Morgan fingerprint density at radius 1 is 0.774 bits per heavy atom. The van der Waals surface area contributed by atoms with Crippen LogP contribution in [0.25, 0.3) is 55.7 Å². The second-order valence-corrected chi connectivity index (χ2v) is 7.22. The van der Waals surface area contributed by atoms with E-state index in [1.165, 1.54) is 6.07 Å². The predicted octanol–water partition coefficient (Wildman–Crippen LogP) is 5.37. The lowest BCUT2D eigenvalue weighted by Crippen LogP contribution is -1.87. The first-order valence-corrected chi connectivity index (χ1v) is 9.75. The zero-order valence-corrected chi connectivity index (χ0v) is 16.2. The Bertz CT molecular complexity index is 1550. The van der Waals surface area contributed by atoms with E-state index in [9.17, 15) is 4.39 Å². The second-order valence-electron chi connectivity index (χ2n) is 7.22. The summed E-state index contributed by atoms with van der Waals surface area (Å²) in [6, 6.07) is 16.4. The number of halogens is 1. The third kappa shape index (κ3) is 2.86. The number of aromatic nitrogens is 6. The molecule has 5 heterocycles. The summed E-state index contributed by atoms with van der Waals surface area (Å²) in [4.78, 5) is 16.5. The minimum atomic E-state index is -0.305. The van der Waals surface area contributed by atoms with Crippen molar-refractivity contribution < 1.29 is 4.39 Å². The van der Waals surface area contributed by atoms with Gasteiger partial charge in [0.2, 0.25) is 0 Å². The topological polar surface area (TPSA) is 83.1 Å². The van der Waals surface area contributed by atoms with Gasteiger partial charge in [-0.25, -0.2) is 9.37 Å². The van der Waals surface area contributed by atoms with Gasteiger partial charge < -0.3 is 4.98 Å². The van der Waals surface area contributed by atoms with Gasteiger partial charge >= 0.3 is 0 Å². The van der Waals surface area contributed by atoms with E-state index in [1.54, 1.807) is 43.0 Å². The fraction of sp³-hybridized carbons (Fsp3) is 0. The Labute approximate surface area is 175 Å². The van der Waals surface area contributed by atoms with Gasteiger partial charge in [0.25, 0.3) is 0 Å². The molecule has 0 aliphatic heterocycles. The molecule has 7 heteroatoms. The van der Waals surface area contributed by atoms with Crippen molar-refractivity contribution in [2.24, 2.45) is 0 Å². The van der Waals surface area contributed by atoms with E-state index in [-0.39, 0.29) is 5.82 Å². The highest BCUT2D eigenvalue weighted by Gasteiger charge is 2.16. The molecule has 0 atom stereocenters. The van der Waals surface area contributed by atoms with E-state index in [0.29, 0.717) is 16.9 Å². The van der Waals surface area contributed by atoms with Crippen molar-refractivity contribution in [3.63, 3.8) is 0 Å². The number of aromatic amines is 2. The Balaban J connectivity index is 1.53. The number of hydrogen-bond acceptors (Lipinski definition) is 4. The average Bonchev–Trinajstić information content (AvgIpc) is 3.43. The number of H-pyrrole nitrogens is 2. The fourth-order valence-electron chi connectivity index (χ4n) is 3.85. The van der Waals surface area contributed by atoms with Crippen LogP contribution < -0.4 is 0 Å². The smallest absolute Gasteiger partial charge is 0.155 e. The average molecular weight is 406 g/mol. The van der Waals surface area contributed by atoms with Gasteiger partial charge in [-0.3, -0.25) is 15.1 Å². The molecule has 0 saturated heterocycles. The highest BCUT2D eigenvalue weighted by Crippen LogP contribution is 2.34. The van der Waals surface area contributed by atoms with Crippen LogP contribution in [-0.2, 0) is 0 Å². The second kappa shape index (κ2) is 6.84. The molecular weight excluding hydrogens is 391 g/mol. The summed E-state index contributed by atoms with van der Waals surface area (Å²) in [5.74, 6) is -0.305. The van der Waals surface area contributed by atoms with E-state index in [2.05, 4.69) is 30.1 Å². The number of nitrogens with one attached hydrogen (secondary N) is 2. The number of rotatable bonds is 3. The van der Waals surface area contributed by atoms with E-state index in [0.717, 1.165) is 38.8 Å². The highest BCUT2D eigenvalue weighted by atomic mass is 19.1. The van der Waals surface area contributed by atoms with Crippen LogP contribution in [0.5, 0.6) is 0 Å². The molecule has 6 rings (SSSR count). The number of nitrogens with zero attached hydrogens (tertiary/aromatic N) is 4. The Hall–Kier alpha value is -4.39. The Morgan fingerprint density at radius 3 is 2.58 bits per heavy atom. The van der Waals surface area contributed by atoms with Crippen molar-refractivity contribution in [3.8, 4) is 33.8 Å². The quantitative estimate of drug-likeness (QED) is 0.414. The molecule has 0 radical (unpaired) electrons. The molecule has 6 aromatic rings. The first-order chi connectivity index (χ1) is 15.3. The lowest BCUT2D eigenvalue weighted by atomic mass is 10.1. The van der Waals surface area contributed by atoms with Crippen molar-refractivity contribution >= 4 is 21.9 Å². The molecule has 0 spiro atoms. The molecular formula is C24H15FN6. The maximum Gasteiger partial charge on any atom is 0.155 e. The van der Waals surface area contributed by atoms with Gasteiger partial charge in [0.1, 0.15) is 11.5 Å². The first-order valence-electron chi connectivity index (χ1n) is 9.75. The molecule has 2 N–H and O–H groups in total. The minimum absolute atomic E-state index is 0.305. The standard InChI is InChI=1S/C24H15FN6/c25-19-6-2-1-5-16(19)22-17-11-21(29-20(17)7-9-27-22)23-18-10-15(13-28-24(18)31-30-23)14-4-3-8-26-12-14/h1-13,29H,(H,28,30,31). The van der Waals surface area contributed by atoms with Crippen LogP contribution in [0.3, 0.4) is 0 Å². The molecule has 6 nitrogen and oxygen atoms in total. The summed E-state index contributed by atoms with van der Waals surface area (Å²) in [6.45, 7) is 0. The van der Waals surface area contributed by atoms with Crippen LogP contribution in [0.1, 0.15) is 0 Å². The van der Waals surface area contributed by atoms with E-state index in [4.69, 9.17) is 0 Å². The van der Waals surface area contributed by atoms with Crippen LogP contribution in [0.15, 0.2) is 79.4 Å². The largest absolute Gasteiger partial charge is 0.353 e. The Morgan fingerprint density at radius 2 is 1.71 bits per heavy atom. The molecule has 0 amide bonds. The third-order valence-corrected chi connectivity index (χ3v) is 5.34. The first kappa shape index (κ1) is 17.5. The monoisotopic (exact) mass is 406 g/mol. The SMILES string of the molecule is Fc1ccccc1-c1nccc2[nH]c(-c3n[nH]c4ncc(-c5cccnc5)cc34)cc12. The van der Waals surface area contributed by atoms with Crippen molar-refractivity contribution in [1.82, 2.24) is 30.1 Å². The van der Waals surface area contributed by atoms with Gasteiger partial charge in [-0.15, -0.1) is 0 Å². The predicted molar refractivity (Wildman–Crippen MR) is 118 cm³/mol. The molecule has 0 aliphatic carbocycles. The van der Waals surface area contributed by atoms with Gasteiger partial charge in [-0.2, -0.15) is 5.10 Å². The van der Waals surface area contributed by atoms with Crippen LogP contribution in [0, 0.1) is 5.82 Å². The van der Waals surface area contributed by atoms with Crippen molar-refractivity contribution in [2.45, 2.75) is 0 Å². The van der Waals surface area contributed by atoms with Crippen molar-refractivity contribution in [1.29, 1.82) is 0 Å². The van der Waals surface area contributed by atoms with Crippen molar-refractivity contribution in [2.75, 3.05) is 0 Å². The lowest BCUT2D eigenvalue weighted by molar-refractivity contribution is 0.631. The molecule has 0 aliphatic rings. The molecule has 0 saturated carbocycles.